The average molecular weight is 564 g/mol. The molecule has 0 fully saturated rings. The van der Waals surface area contributed by atoms with Crippen molar-refractivity contribution in [3.05, 3.63) is 58.7 Å². The molecule has 15 heteroatoms. The first-order valence-corrected chi connectivity index (χ1v) is 11.6. The summed E-state index contributed by atoms with van der Waals surface area (Å²) in [5.74, 6) is -7.62. The number of guanidine groups is 1. The van der Waals surface area contributed by atoms with E-state index in [1.807, 2.05) is 5.32 Å². The molecule has 40 heavy (non-hydrogen) atoms. The van der Waals surface area contributed by atoms with Gasteiger partial charge in [-0.3, -0.25) is 9.59 Å². The van der Waals surface area contributed by atoms with E-state index in [0.717, 1.165) is 0 Å². The Labute approximate surface area is 224 Å². The molecule has 1 aliphatic heterocycles. The number of halogens is 3. The second-order valence-corrected chi connectivity index (χ2v) is 8.58. The second kappa shape index (κ2) is 12.3. The van der Waals surface area contributed by atoms with Crippen LogP contribution in [0.2, 0.25) is 0 Å². The predicted octanol–water partition coefficient (Wildman–Crippen LogP) is 1.43. The zero-order valence-corrected chi connectivity index (χ0v) is 20.6. The molecule has 0 bridgehead atoms. The Kier molecular flexibility index (Phi) is 9.08. The Morgan fingerprint density at radius 1 is 1.12 bits per heavy atom. The van der Waals surface area contributed by atoms with E-state index < -0.39 is 48.4 Å². The van der Waals surface area contributed by atoms with E-state index in [0.29, 0.717) is 40.8 Å². The zero-order valence-electron chi connectivity index (χ0n) is 20.6. The van der Waals surface area contributed by atoms with Gasteiger partial charge >= 0.3 is 30.1 Å². The molecule has 0 unspecified atom stereocenters. The normalized spacial score (nSPS) is 13.3. The maximum Gasteiger partial charge on any atom is 0.491 e. The van der Waals surface area contributed by atoms with Crippen molar-refractivity contribution < 1.29 is 51.7 Å². The maximum absolute atomic E-state index is 12.8. The number of nitrogens with zero attached hydrogens (tertiary/aromatic N) is 1. The summed E-state index contributed by atoms with van der Waals surface area (Å²) in [6, 6.07) is 7.71. The molecule has 12 nitrogen and oxygen atoms in total. The number of ether oxygens (including phenoxy) is 2. The van der Waals surface area contributed by atoms with Gasteiger partial charge in [0.15, 0.2) is 5.96 Å². The Balaban J connectivity index is 1.69. The summed E-state index contributed by atoms with van der Waals surface area (Å²) in [6.45, 7) is 0. The van der Waals surface area contributed by atoms with Crippen LogP contribution >= 0.6 is 0 Å². The highest BCUT2D eigenvalue weighted by Gasteiger charge is 2.43. The van der Waals surface area contributed by atoms with Crippen LogP contribution in [0.4, 0.5) is 18.9 Å². The third kappa shape index (κ3) is 7.78. The van der Waals surface area contributed by atoms with Crippen LogP contribution < -0.4 is 21.5 Å². The van der Waals surface area contributed by atoms with Crippen molar-refractivity contribution in [1.82, 2.24) is 5.32 Å². The largest absolute Gasteiger partial charge is 0.491 e. The molecule has 1 atom stereocenters. The quantitative estimate of drug-likeness (QED) is 0.119. The summed E-state index contributed by atoms with van der Waals surface area (Å²) in [5.41, 5.74) is 13.5. The Morgan fingerprint density at radius 3 is 2.50 bits per heavy atom. The smallest absolute Gasteiger partial charge is 0.480 e. The van der Waals surface area contributed by atoms with Gasteiger partial charge in [-0.15, -0.1) is 0 Å². The highest BCUT2D eigenvalue weighted by atomic mass is 19.4. The van der Waals surface area contributed by atoms with Crippen LogP contribution in [-0.4, -0.2) is 53.1 Å². The summed E-state index contributed by atoms with van der Waals surface area (Å²) in [4.78, 5) is 62.9. The minimum atomic E-state index is -5.45. The number of nitrogens with one attached hydrogen (secondary N) is 1. The summed E-state index contributed by atoms with van der Waals surface area (Å²) >= 11 is 0. The molecule has 0 saturated heterocycles. The van der Waals surface area contributed by atoms with Crippen LogP contribution in [0.25, 0.3) is 0 Å². The lowest BCUT2D eigenvalue weighted by Gasteiger charge is -2.20. The van der Waals surface area contributed by atoms with Crippen molar-refractivity contribution in [1.29, 1.82) is 0 Å². The molecular weight excluding hydrogens is 541 g/mol. The van der Waals surface area contributed by atoms with E-state index in [1.54, 1.807) is 36.4 Å². The molecule has 1 amide bonds. The number of amides is 1. The van der Waals surface area contributed by atoms with E-state index in [2.05, 4.69) is 9.73 Å². The highest BCUT2D eigenvalue weighted by molar-refractivity contribution is 5.94. The number of alkyl halides is 3. The topological polar surface area (TPSA) is 200 Å². The van der Waals surface area contributed by atoms with Gasteiger partial charge in [-0.1, -0.05) is 12.1 Å². The first-order valence-electron chi connectivity index (χ1n) is 11.6. The highest BCUT2D eigenvalue weighted by Crippen LogP contribution is 2.31. The Bertz CT molecular complexity index is 1390. The number of hydrogen-bond donors (Lipinski definition) is 4. The number of carboxylic acid groups (broad SMARTS) is 1. The molecule has 2 aromatic rings. The van der Waals surface area contributed by atoms with Crippen molar-refractivity contribution in [2.45, 2.75) is 44.3 Å². The van der Waals surface area contributed by atoms with Gasteiger partial charge in [0.25, 0.3) is 0 Å². The van der Waals surface area contributed by atoms with Gasteiger partial charge in [0, 0.05) is 6.42 Å². The van der Waals surface area contributed by atoms with Gasteiger partial charge in [-0.05, 0) is 60.2 Å². The van der Waals surface area contributed by atoms with Crippen molar-refractivity contribution in [3.63, 3.8) is 0 Å². The van der Waals surface area contributed by atoms with Crippen LogP contribution in [0, 0.1) is 0 Å². The summed E-state index contributed by atoms with van der Waals surface area (Å²) in [7, 11) is 0. The lowest BCUT2D eigenvalue weighted by Crippen LogP contribution is -2.43. The molecular formula is C25H23F3N4O8. The summed E-state index contributed by atoms with van der Waals surface area (Å²) < 4.78 is 45.9. The Morgan fingerprint density at radius 2 is 1.85 bits per heavy atom. The lowest BCUT2D eigenvalue weighted by atomic mass is 9.93. The summed E-state index contributed by atoms with van der Waals surface area (Å²) in [5, 5.41) is 11.3. The van der Waals surface area contributed by atoms with Crippen molar-refractivity contribution in [2.75, 3.05) is 0 Å². The van der Waals surface area contributed by atoms with E-state index in [4.69, 9.17) is 16.2 Å². The summed E-state index contributed by atoms with van der Waals surface area (Å²) in [6.07, 6.45) is -6.08. The van der Waals surface area contributed by atoms with Gasteiger partial charge in [-0.2, -0.15) is 13.2 Å². The monoisotopic (exact) mass is 564 g/mol. The van der Waals surface area contributed by atoms with Gasteiger partial charge < -0.3 is 31.4 Å². The number of carbonyl (C=O) groups excluding carboxylic acids is 4. The minimum absolute atomic E-state index is 0.0663. The molecule has 6 N–H and O–H groups in total. The van der Waals surface area contributed by atoms with Crippen LogP contribution in [0.3, 0.4) is 0 Å². The molecule has 212 valence electrons. The number of aliphatic imine (C=N–C) groups is 1. The number of hydrogen-bond acceptors (Lipinski definition) is 8. The van der Waals surface area contributed by atoms with E-state index in [9.17, 15) is 42.3 Å². The third-order valence-electron chi connectivity index (χ3n) is 5.71. The fourth-order valence-electron chi connectivity index (χ4n) is 3.93. The zero-order chi connectivity index (χ0) is 29.6. The molecule has 1 heterocycles. The van der Waals surface area contributed by atoms with Crippen molar-refractivity contribution >= 4 is 41.4 Å². The molecule has 0 radical (unpaired) electrons. The number of rotatable bonds is 8. The van der Waals surface area contributed by atoms with Gasteiger partial charge in [0.2, 0.25) is 5.91 Å². The van der Waals surface area contributed by atoms with Gasteiger partial charge in [0.1, 0.15) is 11.8 Å². The number of fused-ring (bicyclic) bond motifs is 2. The molecule has 0 aromatic heterocycles. The molecule has 0 aliphatic carbocycles. The number of benzene rings is 2. The standard InChI is InChI=1S/C25H23F3N4O8/c26-25(27,28)23(38)40-20(34)11-17(21(35)36)32-19(33)9-5-12-2-1-3-18-15(12)7-4-13-10-14(31-24(29)30)6-8-16(13)22(37)39-18/h1-3,6,8,10,17H,4-5,7,9,11H2,(H,32,33)(H,35,36)(H4,29,30,31)/t17-/m0/s1. The number of aryl methyl sites for hydroxylation is 2. The van der Waals surface area contributed by atoms with Gasteiger partial charge in [-0.25, -0.2) is 19.4 Å². The van der Waals surface area contributed by atoms with E-state index in [1.165, 1.54) is 0 Å². The van der Waals surface area contributed by atoms with E-state index in [-0.39, 0.29) is 24.6 Å². The van der Waals surface area contributed by atoms with Gasteiger partial charge in [0.05, 0.1) is 17.7 Å². The minimum Gasteiger partial charge on any atom is -0.480 e. The fraction of sp³-hybridized carbons (Fsp3) is 0.280. The van der Waals surface area contributed by atoms with Crippen LogP contribution in [-0.2, 0) is 43.2 Å². The molecule has 0 saturated carbocycles. The number of nitrogens with two attached hydrogens (primary N) is 2. The first kappa shape index (κ1) is 29.6. The third-order valence-corrected chi connectivity index (χ3v) is 5.71. The molecule has 0 spiro atoms. The Hall–Kier alpha value is -4.95. The van der Waals surface area contributed by atoms with E-state index >= 15 is 0 Å². The molecule has 1 aliphatic rings. The number of aliphatic carboxylic acids is 1. The van der Waals surface area contributed by atoms with Crippen LogP contribution in [0.5, 0.6) is 5.75 Å². The van der Waals surface area contributed by atoms with Crippen LogP contribution in [0.15, 0.2) is 41.4 Å². The fourth-order valence-corrected chi connectivity index (χ4v) is 3.93. The SMILES string of the molecule is NC(N)=Nc1ccc2c(c1)CCc1c(CCC(=O)N[C@@H](CC(=O)OC(=O)C(F)(F)F)C(=O)O)cccc1OC2=O. The number of carboxylic acids is 1. The molecule has 2 aromatic carbocycles. The predicted molar refractivity (Wildman–Crippen MR) is 130 cm³/mol. The lowest BCUT2D eigenvalue weighted by molar-refractivity contribution is -0.202. The van der Waals surface area contributed by atoms with Crippen molar-refractivity contribution in [3.8, 4) is 5.75 Å². The average Bonchev–Trinajstić information content (AvgIpc) is 2.84. The first-order chi connectivity index (χ1) is 18.7. The van der Waals surface area contributed by atoms with Crippen LogP contribution in [0.1, 0.15) is 39.9 Å². The number of carbonyl (C=O) groups is 5. The second-order valence-electron chi connectivity index (χ2n) is 8.58. The molecule has 3 rings (SSSR count). The van der Waals surface area contributed by atoms with Crippen molar-refractivity contribution in [2.24, 2.45) is 16.5 Å². The number of esters is 3. The maximum atomic E-state index is 12.8.